The van der Waals surface area contributed by atoms with Gasteiger partial charge in [-0.3, -0.25) is 0 Å². The third kappa shape index (κ3) is 8.23. The van der Waals surface area contributed by atoms with Crippen LogP contribution in [0.5, 0.6) is 0 Å². The first-order chi connectivity index (χ1) is 15.7. The Morgan fingerprint density at radius 2 is 1.50 bits per heavy atom. The predicted molar refractivity (Wildman–Crippen MR) is 133 cm³/mol. The zero-order valence-corrected chi connectivity index (χ0v) is 20.1. The van der Waals surface area contributed by atoms with E-state index in [-0.39, 0.29) is 0 Å². The van der Waals surface area contributed by atoms with Crippen LogP contribution in [-0.4, -0.2) is 0 Å². The van der Waals surface area contributed by atoms with Crippen LogP contribution in [0.3, 0.4) is 0 Å². The van der Waals surface area contributed by atoms with Crippen LogP contribution in [0.1, 0.15) is 95.1 Å². The Hall–Kier alpha value is -1.88. The first-order valence-corrected chi connectivity index (χ1v) is 13.2. The highest BCUT2D eigenvalue weighted by Crippen LogP contribution is 2.42. The molecule has 0 heterocycles. The van der Waals surface area contributed by atoms with E-state index in [9.17, 15) is 4.39 Å². The van der Waals surface area contributed by atoms with E-state index < -0.39 is 5.83 Å². The summed E-state index contributed by atoms with van der Waals surface area (Å²) in [6.45, 7) is 2.24. The number of unbranched alkanes of at least 4 members (excludes halogenated alkanes) is 1. The number of benzene rings is 1. The molecule has 0 radical (unpaired) electrons. The lowest BCUT2D eigenvalue weighted by Crippen LogP contribution is -2.25. The monoisotopic (exact) mass is 435 g/mol. The quantitative estimate of drug-likeness (QED) is 0.204. The second kappa shape index (κ2) is 13.6. The number of hydrogen-bond acceptors (Lipinski definition) is 1. The second-order valence-corrected chi connectivity index (χ2v) is 10.3. The van der Waals surface area contributed by atoms with Gasteiger partial charge in [0.2, 0.25) is 0 Å². The topological polar surface area (TPSA) is 23.8 Å². The smallest absolute Gasteiger partial charge is 0.195 e. The summed E-state index contributed by atoms with van der Waals surface area (Å²) in [7, 11) is 0. The summed E-state index contributed by atoms with van der Waals surface area (Å²) >= 11 is 0. The van der Waals surface area contributed by atoms with Crippen LogP contribution >= 0.6 is 0 Å². The first kappa shape index (κ1) is 24.8. The molecule has 1 aromatic rings. The molecule has 2 fully saturated rings. The molecule has 0 N–H and O–H groups in total. The normalized spacial score (nSPS) is 26.8. The van der Waals surface area contributed by atoms with E-state index in [1.165, 1.54) is 113 Å². The van der Waals surface area contributed by atoms with Gasteiger partial charge < -0.3 is 0 Å². The Morgan fingerprint density at radius 3 is 2.09 bits per heavy atom. The van der Waals surface area contributed by atoms with Crippen molar-refractivity contribution < 1.29 is 4.39 Å². The summed E-state index contributed by atoms with van der Waals surface area (Å²) in [5, 5.41) is 8.47. The fraction of sp³-hybridized carbons (Fsp3) is 0.633. The number of allylic oxidation sites excluding steroid dienone is 4. The number of hydrogen-bond donors (Lipinski definition) is 0. The lowest BCUT2D eigenvalue weighted by molar-refractivity contribution is 0.151. The van der Waals surface area contributed by atoms with Crippen molar-refractivity contribution in [3.8, 4) is 6.07 Å². The van der Waals surface area contributed by atoms with Gasteiger partial charge in [0.1, 0.15) is 6.07 Å². The highest BCUT2D eigenvalue weighted by atomic mass is 19.1. The third-order valence-electron chi connectivity index (χ3n) is 8.00. The van der Waals surface area contributed by atoms with Crippen molar-refractivity contribution in [1.29, 1.82) is 5.26 Å². The fourth-order valence-corrected chi connectivity index (χ4v) is 6.01. The standard InChI is InChI=1S/C30H42FN/c1-2-6-24-11-13-25(14-12-24)7-3-4-8-26-15-19-28(20-16-26)29-21-17-27(18-22-29)9-5-10-30(31)23-32/h5,9-14,26-29H,2-4,6-8,15-22H2,1H3/t26-,27-,28-,29-. The highest BCUT2D eigenvalue weighted by Gasteiger charge is 2.30. The average Bonchev–Trinajstić information content (AvgIpc) is 2.84. The van der Waals surface area contributed by atoms with Crippen molar-refractivity contribution in [3.63, 3.8) is 0 Å². The van der Waals surface area contributed by atoms with Crippen LogP contribution in [-0.2, 0) is 12.8 Å². The number of nitrogens with zero attached hydrogens (tertiary/aromatic N) is 1. The minimum atomic E-state index is -0.701. The molecule has 1 aromatic carbocycles. The Kier molecular flexibility index (Phi) is 10.5. The second-order valence-electron chi connectivity index (χ2n) is 10.3. The number of aryl methyl sites for hydroxylation is 2. The summed E-state index contributed by atoms with van der Waals surface area (Å²) in [6.07, 6.45) is 23.8. The van der Waals surface area contributed by atoms with Crippen molar-refractivity contribution in [1.82, 2.24) is 0 Å². The molecule has 2 saturated carbocycles. The largest absolute Gasteiger partial charge is 0.199 e. The molecule has 0 atom stereocenters. The number of nitriles is 1. The fourth-order valence-electron chi connectivity index (χ4n) is 6.01. The van der Waals surface area contributed by atoms with Gasteiger partial charge in [-0.15, -0.1) is 0 Å². The minimum Gasteiger partial charge on any atom is -0.195 e. The van der Waals surface area contributed by atoms with E-state index in [1.807, 2.05) is 0 Å². The molecule has 0 amide bonds. The molecule has 2 aliphatic carbocycles. The summed E-state index contributed by atoms with van der Waals surface area (Å²) < 4.78 is 12.9. The van der Waals surface area contributed by atoms with Crippen LogP contribution in [0.25, 0.3) is 0 Å². The molecular weight excluding hydrogens is 393 g/mol. The molecule has 0 saturated heterocycles. The van der Waals surface area contributed by atoms with E-state index in [1.54, 1.807) is 6.08 Å². The molecule has 0 bridgehead atoms. The molecule has 0 unspecified atom stereocenters. The maximum absolute atomic E-state index is 12.9. The Labute approximate surface area is 195 Å². The number of rotatable bonds is 10. The molecule has 0 aliphatic heterocycles. The van der Waals surface area contributed by atoms with E-state index in [0.29, 0.717) is 5.92 Å². The van der Waals surface area contributed by atoms with Gasteiger partial charge in [0.25, 0.3) is 0 Å². The molecule has 0 spiro atoms. The van der Waals surface area contributed by atoms with Crippen molar-refractivity contribution in [2.24, 2.45) is 23.7 Å². The van der Waals surface area contributed by atoms with Crippen LogP contribution in [0.4, 0.5) is 4.39 Å². The Bertz CT molecular complexity index is 753. The summed E-state index contributed by atoms with van der Waals surface area (Å²) in [5.74, 6) is 2.66. The molecule has 0 aromatic heterocycles. The van der Waals surface area contributed by atoms with Gasteiger partial charge in [0.15, 0.2) is 5.83 Å². The average molecular weight is 436 g/mol. The first-order valence-electron chi connectivity index (χ1n) is 13.2. The third-order valence-corrected chi connectivity index (χ3v) is 8.00. The van der Waals surface area contributed by atoms with Crippen molar-refractivity contribution >= 4 is 0 Å². The highest BCUT2D eigenvalue weighted by molar-refractivity contribution is 5.22. The van der Waals surface area contributed by atoms with E-state index in [0.717, 1.165) is 17.8 Å². The van der Waals surface area contributed by atoms with Gasteiger partial charge in [-0.2, -0.15) is 9.65 Å². The van der Waals surface area contributed by atoms with Gasteiger partial charge in [-0.25, -0.2) is 0 Å². The van der Waals surface area contributed by atoms with Crippen molar-refractivity contribution in [2.45, 2.75) is 96.8 Å². The Balaban J connectivity index is 1.27. The lowest BCUT2D eigenvalue weighted by Gasteiger charge is -2.37. The van der Waals surface area contributed by atoms with E-state index >= 15 is 0 Å². The summed E-state index contributed by atoms with van der Waals surface area (Å²) in [6, 6.07) is 10.8. The SMILES string of the molecule is CCCc1ccc(CCCC[C@H]2CC[C@H]([C@H]3CC[C@H](C=CC=C(F)C#N)CC3)CC2)cc1. The maximum atomic E-state index is 12.9. The summed E-state index contributed by atoms with van der Waals surface area (Å²) in [4.78, 5) is 0. The van der Waals surface area contributed by atoms with Crippen LogP contribution in [0.2, 0.25) is 0 Å². The molecule has 32 heavy (non-hydrogen) atoms. The molecular formula is C30H42FN. The van der Waals surface area contributed by atoms with Gasteiger partial charge in [0.05, 0.1) is 0 Å². The predicted octanol–water partition coefficient (Wildman–Crippen LogP) is 8.90. The van der Waals surface area contributed by atoms with E-state index in [2.05, 4.69) is 37.3 Å². The van der Waals surface area contributed by atoms with Crippen LogP contribution in [0.15, 0.2) is 48.3 Å². The van der Waals surface area contributed by atoms with Crippen molar-refractivity contribution in [2.75, 3.05) is 0 Å². The van der Waals surface area contributed by atoms with E-state index in [4.69, 9.17) is 5.26 Å². The van der Waals surface area contributed by atoms with Crippen LogP contribution < -0.4 is 0 Å². The maximum Gasteiger partial charge on any atom is 0.199 e. The molecule has 1 nitrogen and oxygen atoms in total. The van der Waals surface area contributed by atoms with Gasteiger partial charge >= 0.3 is 0 Å². The van der Waals surface area contributed by atoms with Gasteiger partial charge in [-0.05, 0) is 98.7 Å². The van der Waals surface area contributed by atoms with Gasteiger partial charge in [-0.1, -0.05) is 75.4 Å². The lowest BCUT2D eigenvalue weighted by atomic mass is 9.68. The van der Waals surface area contributed by atoms with Crippen molar-refractivity contribution in [3.05, 3.63) is 59.4 Å². The summed E-state index contributed by atoms with van der Waals surface area (Å²) in [5.41, 5.74) is 2.98. The van der Waals surface area contributed by atoms with Crippen LogP contribution in [0, 0.1) is 35.0 Å². The zero-order chi connectivity index (χ0) is 22.6. The van der Waals surface area contributed by atoms with Gasteiger partial charge in [0, 0.05) is 0 Å². The zero-order valence-electron chi connectivity index (χ0n) is 20.1. The number of halogens is 1. The molecule has 3 rings (SSSR count). The molecule has 2 aliphatic rings. The minimum absolute atomic E-state index is 0.563. The Morgan fingerprint density at radius 1 is 0.906 bits per heavy atom. The molecule has 2 heteroatoms. The molecule has 174 valence electrons.